The topological polar surface area (TPSA) is 32.6 Å². The maximum Gasteiger partial charge on any atom is 0.0779 e. The Morgan fingerprint density at radius 3 is 2.60 bits per heavy atom. The van der Waals surface area contributed by atoms with Crippen LogP contribution in [0.1, 0.15) is 32.1 Å². The molecule has 0 aliphatic heterocycles. The van der Waals surface area contributed by atoms with Gasteiger partial charge in [-0.05, 0) is 12.8 Å². The first-order valence-corrected chi connectivity index (χ1v) is 4.06. The molecule has 0 saturated heterocycles. The molecule has 0 atom stereocenters. The van der Waals surface area contributed by atoms with Crippen LogP contribution in [0.4, 0.5) is 0 Å². The summed E-state index contributed by atoms with van der Waals surface area (Å²) in [6.45, 7) is 0.0938. The van der Waals surface area contributed by atoms with Crippen molar-refractivity contribution in [1.29, 1.82) is 0 Å². The zero-order chi connectivity index (χ0) is 7.23. The molecular formula is C8H15NO. The molecule has 0 spiro atoms. The first-order valence-electron chi connectivity index (χ1n) is 4.06. The Balaban J connectivity index is 2.19. The van der Waals surface area contributed by atoms with Crippen LogP contribution in [0.2, 0.25) is 0 Å². The van der Waals surface area contributed by atoms with Crippen LogP contribution in [0, 0.1) is 0 Å². The van der Waals surface area contributed by atoms with Gasteiger partial charge in [0.2, 0.25) is 0 Å². The molecule has 0 bridgehead atoms. The Bertz CT molecular complexity index is 106. The van der Waals surface area contributed by atoms with Gasteiger partial charge in [0.15, 0.2) is 0 Å². The van der Waals surface area contributed by atoms with Crippen molar-refractivity contribution in [3.63, 3.8) is 0 Å². The molecule has 1 N–H and O–H groups in total. The molecule has 0 heterocycles. The van der Waals surface area contributed by atoms with Gasteiger partial charge in [-0.15, -0.1) is 0 Å². The summed E-state index contributed by atoms with van der Waals surface area (Å²) < 4.78 is 0. The number of aliphatic hydroxyl groups excluding tert-OH is 1. The normalized spacial score (nSPS) is 22.1. The Morgan fingerprint density at radius 2 is 2.00 bits per heavy atom. The fourth-order valence-corrected chi connectivity index (χ4v) is 1.43. The van der Waals surface area contributed by atoms with Crippen LogP contribution in [0.25, 0.3) is 0 Å². The molecule has 0 aromatic heterocycles. The van der Waals surface area contributed by atoms with Crippen molar-refractivity contribution in [3.8, 4) is 0 Å². The zero-order valence-electron chi connectivity index (χ0n) is 6.29. The van der Waals surface area contributed by atoms with E-state index < -0.39 is 0 Å². The summed E-state index contributed by atoms with van der Waals surface area (Å²) in [5.74, 6) is 0. The van der Waals surface area contributed by atoms with Gasteiger partial charge in [0.1, 0.15) is 0 Å². The molecule has 0 unspecified atom stereocenters. The molecule has 1 saturated carbocycles. The van der Waals surface area contributed by atoms with Gasteiger partial charge in [-0.25, -0.2) is 0 Å². The predicted molar refractivity (Wildman–Crippen MR) is 42.5 cm³/mol. The van der Waals surface area contributed by atoms with Gasteiger partial charge in [0, 0.05) is 12.3 Å². The van der Waals surface area contributed by atoms with Crippen molar-refractivity contribution in [3.05, 3.63) is 0 Å². The largest absolute Gasteiger partial charge is 0.391 e. The third-order valence-electron chi connectivity index (χ3n) is 1.97. The monoisotopic (exact) mass is 141 g/mol. The summed E-state index contributed by atoms with van der Waals surface area (Å²) >= 11 is 0. The lowest BCUT2D eigenvalue weighted by atomic mass is 9.96. The van der Waals surface area contributed by atoms with Gasteiger partial charge in [0.25, 0.3) is 0 Å². The molecule has 10 heavy (non-hydrogen) atoms. The molecular weight excluding hydrogens is 126 g/mol. The fraction of sp³-hybridized carbons (Fsp3) is 0.875. The van der Waals surface area contributed by atoms with Gasteiger partial charge >= 0.3 is 0 Å². The highest BCUT2D eigenvalue weighted by atomic mass is 16.2. The molecule has 1 rings (SSSR count). The minimum Gasteiger partial charge on any atom is -0.391 e. The van der Waals surface area contributed by atoms with E-state index in [1.165, 1.54) is 32.1 Å². The zero-order valence-corrected chi connectivity index (χ0v) is 6.29. The van der Waals surface area contributed by atoms with Crippen molar-refractivity contribution in [2.75, 3.05) is 6.61 Å². The third kappa shape index (κ3) is 2.48. The van der Waals surface area contributed by atoms with E-state index in [0.29, 0.717) is 6.04 Å². The highest BCUT2D eigenvalue weighted by Crippen LogP contribution is 2.19. The molecule has 1 aliphatic rings. The van der Waals surface area contributed by atoms with Crippen LogP contribution in [-0.2, 0) is 0 Å². The number of aliphatic hydroxyl groups is 1. The van der Waals surface area contributed by atoms with E-state index in [4.69, 9.17) is 5.11 Å². The second-order valence-corrected chi connectivity index (χ2v) is 2.81. The van der Waals surface area contributed by atoms with Crippen molar-refractivity contribution in [2.45, 2.75) is 38.1 Å². The van der Waals surface area contributed by atoms with Gasteiger partial charge in [-0.1, -0.05) is 19.3 Å². The van der Waals surface area contributed by atoms with Crippen LogP contribution >= 0.6 is 0 Å². The Hall–Kier alpha value is -0.370. The summed E-state index contributed by atoms with van der Waals surface area (Å²) in [4.78, 5) is 4.23. The van der Waals surface area contributed by atoms with E-state index in [1.807, 2.05) is 0 Å². The summed E-state index contributed by atoms with van der Waals surface area (Å²) in [7, 11) is 0. The van der Waals surface area contributed by atoms with E-state index in [2.05, 4.69) is 4.99 Å². The van der Waals surface area contributed by atoms with Gasteiger partial charge in [-0.2, -0.15) is 0 Å². The molecule has 0 aromatic rings. The first kappa shape index (κ1) is 7.73. The number of aliphatic imine (C=N–C) groups is 1. The van der Waals surface area contributed by atoms with Crippen LogP contribution in [-0.4, -0.2) is 24.0 Å². The van der Waals surface area contributed by atoms with E-state index in [0.717, 1.165) is 0 Å². The molecule has 1 fully saturated rings. The molecule has 2 nitrogen and oxygen atoms in total. The van der Waals surface area contributed by atoms with Gasteiger partial charge < -0.3 is 5.11 Å². The first-order chi connectivity index (χ1) is 4.93. The lowest BCUT2D eigenvalue weighted by molar-refractivity contribution is 0.359. The maximum absolute atomic E-state index is 8.45. The molecule has 58 valence electrons. The lowest BCUT2D eigenvalue weighted by Gasteiger charge is -2.16. The Morgan fingerprint density at radius 1 is 1.30 bits per heavy atom. The van der Waals surface area contributed by atoms with Gasteiger partial charge in [0.05, 0.1) is 6.61 Å². The third-order valence-corrected chi connectivity index (χ3v) is 1.97. The number of hydrogen-bond acceptors (Lipinski definition) is 2. The maximum atomic E-state index is 8.45. The van der Waals surface area contributed by atoms with Gasteiger partial charge in [-0.3, -0.25) is 4.99 Å². The number of hydrogen-bond donors (Lipinski definition) is 1. The quantitative estimate of drug-likeness (QED) is 0.579. The average molecular weight is 141 g/mol. The van der Waals surface area contributed by atoms with E-state index in [1.54, 1.807) is 6.21 Å². The second-order valence-electron chi connectivity index (χ2n) is 2.81. The summed E-state index contributed by atoms with van der Waals surface area (Å²) in [5, 5.41) is 8.45. The SMILES string of the molecule is OCC=NC1CCCCC1. The standard InChI is InChI=1S/C8H15NO/c10-7-6-9-8-4-2-1-3-5-8/h6,8,10H,1-5,7H2. The highest BCUT2D eigenvalue weighted by Gasteiger charge is 2.09. The second kappa shape index (κ2) is 4.45. The van der Waals surface area contributed by atoms with Crippen LogP contribution < -0.4 is 0 Å². The van der Waals surface area contributed by atoms with Crippen molar-refractivity contribution >= 4 is 6.21 Å². The minimum absolute atomic E-state index is 0.0938. The van der Waals surface area contributed by atoms with Crippen molar-refractivity contribution in [1.82, 2.24) is 0 Å². The van der Waals surface area contributed by atoms with E-state index >= 15 is 0 Å². The fourth-order valence-electron chi connectivity index (χ4n) is 1.43. The summed E-state index contributed by atoms with van der Waals surface area (Å²) in [6.07, 6.45) is 8.05. The Kier molecular flexibility index (Phi) is 3.44. The number of nitrogens with zero attached hydrogens (tertiary/aromatic N) is 1. The Labute approximate surface area is 62.0 Å². The van der Waals surface area contributed by atoms with E-state index in [9.17, 15) is 0 Å². The van der Waals surface area contributed by atoms with E-state index in [-0.39, 0.29) is 6.61 Å². The molecule has 1 aliphatic carbocycles. The van der Waals surface area contributed by atoms with Crippen molar-refractivity contribution < 1.29 is 5.11 Å². The van der Waals surface area contributed by atoms with Crippen LogP contribution in [0.15, 0.2) is 4.99 Å². The highest BCUT2D eigenvalue weighted by molar-refractivity contribution is 5.58. The summed E-state index contributed by atoms with van der Waals surface area (Å²) in [6, 6.07) is 0.515. The molecule has 0 amide bonds. The molecule has 0 radical (unpaired) electrons. The average Bonchev–Trinajstić information content (AvgIpc) is 2.03. The molecule has 0 aromatic carbocycles. The van der Waals surface area contributed by atoms with Crippen LogP contribution in [0.5, 0.6) is 0 Å². The number of rotatable bonds is 2. The van der Waals surface area contributed by atoms with Crippen LogP contribution in [0.3, 0.4) is 0 Å². The smallest absolute Gasteiger partial charge is 0.0779 e. The molecule has 2 heteroatoms. The minimum atomic E-state index is 0.0938. The van der Waals surface area contributed by atoms with Crippen molar-refractivity contribution in [2.24, 2.45) is 4.99 Å². The summed E-state index contributed by atoms with van der Waals surface area (Å²) in [5.41, 5.74) is 0. The lowest BCUT2D eigenvalue weighted by Crippen LogP contribution is -2.09. The predicted octanol–water partition coefficient (Wildman–Crippen LogP) is 1.38.